The highest BCUT2D eigenvalue weighted by molar-refractivity contribution is 5.42. The van der Waals surface area contributed by atoms with Crippen molar-refractivity contribution in [2.45, 2.75) is 45.6 Å². The summed E-state index contributed by atoms with van der Waals surface area (Å²) in [5.74, 6) is 3.40. The lowest BCUT2D eigenvalue weighted by Crippen LogP contribution is -2.30. The maximum absolute atomic E-state index is 4.35. The van der Waals surface area contributed by atoms with Crippen molar-refractivity contribution in [3.8, 4) is 5.82 Å². The zero-order valence-corrected chi connectivity index (χ0v) is 12.1. The Bertz CT molecular complexity index is 577. The summed E-state index contributed by atoms with van der Waals surface area (Å²) in [6, 6.07) is 2.52. The van der Waals surface area contributed by atoms with Gasteiger partial charge in [0.2, 0.25) is 0 Å². The van der Waals surface area contributed by atoms with E-state index in [1.165, 1.54) is 25.7 Å². The Balaban J connectivity index is 1.79. The van der Waals surface area contributed by atoms with Crippen LogP contribution in [0.2, 0.25) is 0 Å². The molecule has 0 aliphatic heterocycles. The summed E-state index contributed by atoms with van der Waals surface area (Å²) < 4.78 is 1.97. The van der Waals surface area contributed by atoms with Gasteiger partial charge in [-0.25, -0.2) is 15.0 Å². The van der Waals surface area contributed by atoms with Crippen molar-refractivity contribution in [3.05, 3.63) is 30.6 Å². The molecule has 1 N–H and O–H groups in total. The minimum absolute atomic E-state index is 0.524. The molecule has 20 heavy (non-hydrogen) atoms. The molecular formula is C15H21N5. The second-order valence-corrected chi connectivity index (χ2v) is 5.62. The molecule has 0 bridgehead atoms. The van der Waals surface area contributed by atoms with Crippen LogP contribution in [0.15, 0.2) is 24.8 Å². The Kier molecular flexibility index (Phi) is 3.67. The summed E-state index contributed by atoms with van der Waals surface area (Å²) in [4.78, 5) is 12.9. The van der Waals surface area contributed by atoms with E-state index in [2.05, 4.69) is 27.2 Å². The van der Waals surface area contributed by atoms with Crippen molar-refractivity contribution in [2.24, 2.45) is 5.92 Å². The van der Waals surface area contributed by atoms with Crippen LogP contribution >= 0.6 is 0 Å². The highest BCUT2D eigenvalue weighted by Crippen LogP contribution is 2.26. The fourth-order valence-corrected chi connectivity index (χ4v) is 2.90. The lowest BCUT2D eigenvalue weighted by Gasteiger charge is -2.29. The van der Waals surface area contributed by atoms with E-state index in [0.29, 0.717) is 12.0 Å². The van der Waals surface area contributed by atoms with Gasteiger partial charge in [-0.1, -0.05) is 19.8 Å². The zero-order chi connectivity index (χ0) is 13.9. The highest BCUT2D eigenvalue weighted by Gasteiger charge is 2.21. The molecule has 3 rings (SSSR count). The van der Waals surface area contributed by atoms with E-state index >= 15 is 0 Å². The largest absolute Gasteiger partial charge is 0.367 e. The minimum Gasteiger partial charge on any atom is -0.367 e. The van der Waals surface area contributed by atoms with Gasteiger partial charge in [-0.2, -0.15) is 0 Å². The van der Waals surface area contributed by atoms with E-state index in [1.54, 1.807) is 12.5 Å². The van der Waals surface area contributed by atoms with Gasteiger partial charge in [0.05, 0.1) is 0 Å². The first kappa shape index (κ1) is 13.1. The number of hydrogen-bond donors (Lipinski definition) is 1. The maximum atomic E-state index is 4.35. The smallest absolute Gasteiger partial charge is 0.143 e. The van der Waals surface area contributed by atoms with Gasteiger partial charge >= 0.3 is 0 Å². The molecule has 1 fully saturated rings. The highest BCUT2D eigenvalue weighted by atomic mass is 15.1. The molecule has 2 unspecified atom stereocenters. The predicted molar refractivity (Wildman–Crippen MR) is 78.9 cm³/mol. The first-order valence-electron chi connectivity index (χ1n) is 7.33. The standard InChI is InChI=1S/C15H21N5/c1-11-5-3-4-6-13(11)19-14-9-15(18-10-17-14)20-8-7-16-12(20)2/h7-11,13H,3-6H2,1-2H3,(H,17,18,19). The van der Waals surface area contributed by atoms with E-state index in [1.807, 2.05) is 23.8 Å². The summed E-state index contributed by atoms with van der Waals surface area (Å²) >= 11 is 0. The number of nitrogens with zero attached hydrogens (tertiary/aromatic N) is 4. The normalized spacial score (nSPS) is 22.7. The minimum atomic E-state index is 0.524. The quantitative estimate of drug-likeness (QED) is 0.932. The van der Waals surface area contributed by atoms with Crippen LogP contribution in [-0.2, 0) is 0 Å². The number of aromatic nitrogens is 4. The molecule has 2 aromatic heterocycles. The summed E-state index contributed by atoms with van der Waals surface area (Å²) in [5.41, 5.74) is 0. The van der Waals surface area contributed by atoms with Crippen LogP contribution in [0.4, 0.5) is 5.82 Å². The molecule has 0 aromatic carbocycles. The fraction of sp³-hybridized carbons (Fsp3) is 0.533. The third-order valence-electron chi connectivity index (χ3n) is 4.17. The molecule has 0 amide bonds. The number of aryl methyl sites for hydroxylation is 1. The van der Waals surface area contributed by atoms with E-state index in [9.17, 15) is 0 Å². The van der Waals surface area contributed by atoms with Crippen LogP contribution in [0.1, 0.15) is 38.4 Å². The van der Waals surface area contributed by atoms with Crippen molar-refractivity contribution in [1.82, 2.24) is 19.5 Å². The van der Waals surface area contributed by atoms with E-state index in [4.69, 9.17) is 0 Å². The van der Waals surface area contributed by atoms with Crippen LogP contribution in [-0.4, -0.2) is 25.6 Å². The molecule has 1 saturated carbocycles. The van der Waals surface area contributed by atoms with Gasteiger partial charge in [0.25, 0.3) is 0 Å². The topological polar surface area (TPSA) is 55.6 Å². The number of hydrogen-bond acceptors (Lipinski definition) is 4. The fourth-order valence-electron chi connectivity index (χ4n) is 2.90. The van der Waals surface area contributed by atoms with Crippen molar-refractivity contribution in [1.29, 1.82) is 0 Å². The van der Waals surface area contributed by atoms with E-state index in [-0.39, 0.29) is 0 Å². The van der Waals surface area contributed by atoms with Gasteiger partial charge in [-0.3, -0.25) is 4.57 Å². The number of imidazole rings is 1. The van der Waals surface area contributed by atoms with Gasteiger partial charge in [0.15, 0.2) is 0 Å². The first-order chi connectivity index (χ1) is 9.74. The van der Waals surface area contributed by atoms with Gasteiger partial charge in [-0.15, -0.1) is 0 Å². The molecule has 1 aliphatic carbocycles. The summed E-state index contributed by atoms with van der Waals surface area (Å²) in [6.45, 7) is 4.29. The molecule has 0 radical (unpaired) electrons. The Hall–Kier alpha value is -1.91. The van der Waals surface area contributed by atoms with Crippen LogP contribution in [0.3, 0.4) is 0 Å². The zero-order valence-electron chi connectivity index (χ0n) is 12.1. The van der Waals surface area contributed by atoms with Crippen LogP contribution in [0.25, 0.3) is 5.82 Å². The van der Waals surface area contributed by atoms with Crippen molar-refractivity contribution in [3.63, 3.8) is 0 Å². The number of nitrogens with one attached hydrogen (secondary N) is 1. The second-order valence-electron chi connectivity index (χ2n) is 5.62. The second kappa shape index (κ2) is 5.61. The van der Waals surface area contributed by atoms with Crippen molar-refractivity contribution < 1.29 is 0 Å². The van der Waals surface area contributed by atoms with Gasteiger partial charge < -0.3 is 5.32 Å². The Morgan fingerprint density at radius 1 is 1.20 bits per heavy atom. The first-order valence-corrected chi connectivity index (χ1v) is 7.33. The Morgan fingerprint density at radius 3 is 2.80 bits per heavy atom. The summed E-state index contributed by atoms with van der Waals surface area (Å²) in [7, 11) is 0. The van der Waals surface area contributed by atoms with E-state index in [0.717, 1.165) is 17.5 Å². The third kappa shape index (κ3) is 2.66. The number of rotatable bonds is 3. The molecule has 5 heteroatoms. The van der Waals surface area contributed by atoms with Crippen LogP contribution < -0.4 is 5.32 Å². The number of anilines is 1. The summed E-state index contributed by atoms with van der Waals surface area (Å²) in [5, 5.41) is 3.57. The van der Waals surface area contributed by atoms with Crippen molar-refractivity contribution in [2.75, 3.05) is 5.32 Å². The Labute approximate surface area is 119 Å². The average molecular weight is 271 g/mol. The van der Waals surface area contributed by atoms with Gasteiger partial charge in [0, 0.05) is 24.5 Å². The lowest BCUT2D eigenvalue weighted by atomic mass is 9.86. The SMILES string of the molecule is Cc1nccn1-c1cc(NC2CCCCC2C)ncn1. The molecule has 2 atom stereocenters. The van der Waals surface area contributed by atoms with Gasteiger partial charge in [0.1, 0.15) is 23.8 Å². The molecule has 106 valence electrons. The third-order valence-corrected chi connectivity index (χ3v) is 4.17. The van der Waals surface area contributed by atoms with Crippen LogP contribution in [0, 0.1) is 12.8 Å². The molecule has 2 aromatic rings. The molecule has 2 heterocycles. The molecular weight excluding hydrogens is 250 g/mol. The average Bonchev–Trinajstić information content (AvgIpc) is 2.88. The van der Waals surface area contributed by atoms with E-state index < -0.39 is 0 Å². The Morgan fingerprint density at radius 2 is 2.05 bits per heavy atom. The molecule has 0 saturated heterocycles. The molecule has 1 aliphatic rings. The maximum Gasteiger partial charge on any atom is 0.143 e. The summed E-state index contributed by atoms with van der Waals surface area (Å²) in [6.07, 6.45) is 10.5. The lowest BCUT2D eigenvalue weighted by molar-refractivity contribution is 0.349. The van der Waals surface area contributed by atoms with Crippen molar-refractivity contribution >= 4 is 5.82 Å². The predicted octanol–water partition coefficient (Wildman–Crippen LogP) is 2.96. The molecule has 0 spiro atoms. The monoisotopic (exact) mass is 271 g/mol. The molecule has 5 nitrogen and oxygen atoms in total. The van der Waals surface area contributed by atoms with Crippen LogP contribution in [0.5, 0.6) is 0 Å². The van der Waals surface area contributed by atoms with Gasteiger partial charge in [-0.05, 0) is 25.7 Å².